The lowest BCUT2D eigenvalue weighted by Gasteiger charge is -2.13. The Bertz CT molecular complexity index is 690. The van der Waals surface area contributed by atoms with Crippen molar-refractivity contribution in [2.75, 3.05) is 0 Å². The molecule has 2 rings (SSSR count). The lowest BCUT2D eigenvalue weighted by molar-refractivity contribution is -0.138. The number of rotatable bonds is 4. The van der Waals surface area contributed by atoms with Crippen molar-refractivity contribution in [3.63, 3.8) is 0 Å². The van der Waals surface area contributed by atoms with Gasteiger partial charge in [0.05, 0.1) is 5.92 Å². The average Bonchev–Trinajstić information content (AvgIpc) is 2.48. The number of hydrogen-bond acceptors (Lipinski definition) is 1. The summed E-state index contributed by atoms with van der Waals surface area (Å²) >= 11 is 0. The first kappa shape index (κ1) is 14.9. The maximum Gasteiger partial charge on any atom is 0.311 e. The Kier molecular flexibility index (Phi) is 4.79. The molecule has 0 aliphatic heterocycles. The van der Waals surface area contributed by atoms with Crippen molar-refractivity contribution < 1.29 is 9.90 Å². The van der Waals surface area contributed by atoms with Crippen LogP contribution in [0, 0.1) is 18.8 Å². The van der Waals surface area contributed by atoms with Crippen LogP contribution in [0.4, 0.5) is 0 Å². The SMILES string of the molecule is CC#CCC(C(=O)O)c1ccc(-c2ccccc2)c(C)c1. The van der Waals surface area contributed by atoms with Gasteiger partial charge in [0.25, 0.3) is 0 Å². The molecule has 0 amide bonds. The van der Waals surface area contributed by atoms with Crippen molar-refractivity contribution in [3.8, 4) is 23.0 Å². The molecule has 106 valence electrons. The number of carbonyl (C=O) groups is 1. The predicted molar refractivity (Wildman–Crippen MR) is 85.1 cm³/mol. The highest BCUT2D eigenvalue weighted by molar-refractivity contribution is 5.77. The molecule has 0 heterocycles. The van der Waals surface area contributed by atoms with Crippen LogP contribution in [0.1, 0.15) is 30.4 Å². The van der Waals surface area contributed by atoms with Gasteiger partial charge >= 0.3 is 5.97 Å². The highest BCUT2D eigenvalue weighted by atomic mass is 16.4. The summed E-state index contributed by atoms with van der Waals surface area (Å²) < 4.78 is 0. The summed E-state index contributed by atoms with van der Waals surface area (Å²) in [5.41, 5.74) is 4.16. The fraction of sp³-hybridized carbons (Fsp3) is 0.211. The van der Waals surface area contributed by atoms with Gasteiger partial charge in [-0.05, 0) is 36.1 Å². The lowest BCUT2D eigenvalue weighted by atomic mass is 9.91. The molecule has 0 saturated carbocycles. The van der Waals surface area contributed by atoms with E-state index in [4.69, 9.17) is 0 Å². The van der Waals surface area contributed by atoms with E-state index >= 15 is 0 Å². The number of carboxylic acids is 1. The molecule has 0 aromatic heterocycles. The van der Waals surface area contributed by atoms with Crippen LogP contribution in [0.2, 0.25) is 0 Å². The van der Waals surface area contributed by atoms with Crippen molar-refractivity contribution in [1.29, 1.82) is 0 Å². The fourth-order valence-electron chi connectivity index (χ4n) is 2.40. The van der Waals surface area contributed by atoms with Gasteiger partial charge in [-0.3, -0.25) is 4.79 Å². The van der Waals surface area contributed by atoms with Crippen LogP contribution in [0.15, 0.2) is 48.5 Å². The minimum absolute atomic E-state index is 0.343. The van der Waals surface area contributed by atoms with Gasteiger partial charge in [0, 0.05) is 6.42 Å². The van der Waals surface area contributed by atoms with E-state index in [0.717, 1.165) is 22.3 Å². The van der Waals surface area contributed by atoms with E-state index in [0.29, 0.717) is 6.42 Å². The van der Waals surface area contributed by atoms with Crippen molar-refractivity contribution in [3.05, 3.63) is 59.7 Å². The molecule has 0 saturated heterocycles. The third kappa shape index (κ3) is 3.52. The maximum atomic E-state index is 11.4. The summed E-state index contributed by atoms with van der Waals surface area (Å²) in [6.45, 7) is 3.74. The monoisotopic (exact) mass is 278 g/mol. The van der Waals surface area contributed by atoms with Crippen molar-refractivity contribution in [2.24, 2.45) is 0 Å². The van der Waals surface area contributed by atoms with Crippen LogP contribution in [-0.4, -0.2) is 11.1 Å². The number of carboxylic acid groups (broad SMARTS) is 1. The van der Waals surface area contributed by atoms with Crippen LogP contribution >= 0.6 is 0 Å². The third-order valence-electron chi connectivity index (χ3n) is 3.52. The Morgan fingerprint density at radius 3 is 2.48 bits per heavy atom. The summed E-state index contributed by atoms with van der Waals surface area (Å²) in [4.78, 5) is 11.4. The Morgan fingerprint density at radius 2 is 1.90 bits per heavy atom. The van der Waals surface area contributed by atoms with Gasteiger partial charge in [-0.15, -0.1) is 11.8 Å². The molecule has 1 atom stereocenters. The molecule has 0 aliphatic rings. The second-order valence-electron chi connectivity index (χ2n) is 4.96. The Balaban J connectivity index is 2.37. The van der Waals surface area contributed by atoms with Crippen molar-refractivity contribution >= 4 is 5.97 Å². The van der Waals surface area contributed by atoms with Gasteiger partial charge in [-0.2, -0.15) is 0 Å². The largest absolute Gasteiger partial charge is 0.481 e. The minimum Gasteiger partial charge on any atom is -0.481 e. The van der Waals surface area contributed by atoms with Crippen molar-refractivity contribution in [2.45, 2.75) is 26.2 Å². The molecule has 2 nitrogen and oxygen atoms in total. The number of aliphatic carboxylic acids is 1. The van der Waals surface area contributed by atoms with Crippen LogP contribution in [0.25, 0.3) is 11.1 Å². The average molecular weight is 278 g/mol. The van der Waals surface area contributed by atoms with E-state index in [1.165, 1.54) is 0 Å². The van der Waals surface area contributed by atoms with Gasteiger partial charge < -0.3 is 5.11 Å². The van der Waals surface area contributed by atoms with Gasteiger partial charge in [0.1, 0.15) is 0 Å². The molecule has 1 N–H and O–H groups in total. The molecule has 2 aromatic rings. The first-order valence-corrected chi connectivity index (χ1v) is 6.92. The molecule has 0 aliphatic carbocycles. The Morgan fingerprint density at radius 1 is 1.19 bits per heavy atom. The summed E-state index contributed by atoms with van der Waals surface area (Å²) in [5, 5.41) is 9.36. The topological polar surface area (TPSA) is 37.3 Å². The molecule has 0 spiro atoms. The second kappa shape index (κ2) is 6.76. The Hall–Kier alpha value is -2.53. The smallest absolute Gasteiger partial charge is 0.311 e. The normalized spacial score (nSPS) is 11.3. The van der Waals surface area contributed by atoms with E-state index in [1.54, 1.807) is 6.92 Å². The standard InChI is InChI=1S/C19H18O2/c1-3-4-10-18(19(20)21)16-11-12-17(14(2)13-16)15-8-6-5-7-9-15/h5-9,11-13,18H,10H2,1-2H3,(H,20,21). The molecular formula is C19H18O2. The number of benzene rings is 2. The van der Waals surface area contributed by atoms with Crippen LogP contribution in [-0.2, 0) is 4.79 Å². The lowest BCUT2D eigenvalue weighted by Crippen LogP contribution is -2.11. The number of hydrogen-bond donors (Lipinski definition) is 1. The van der Waals surface area contributed by atoms with Gasteiger partial charge in [-0.25, -0.2) is 0 Å². The zero-order valence-electron chi connectivity index (χ0n) is 12.3. The summed E-state index contributed by atoms with van der Waals surface area (Å²) in [6, 6.07) is 15.9. The van der Waals surface area contributed by atoms with Gasteiger partial charge in [-0.1, -0.05) is 48.5 Å². The molecule has 1 unspecified atom stereocenters. The van der Waals surface area contributed by atoms with E-state index in [-0.39, 0.29) is 0 Å². The van der Waals surface area contributed by atoms with Gasteiger partial charge in [0.15, 0.2) is 0 Å². The Labute approximate surface area is 125 Å². The molecule has 0 radical (unpaired) electrons. The highest BCUT2D eigenvalue weighted by Crippen LogP contribution is 2.28. The van der Waals surface area contributed by atoms with Crippen LogP contribution in [0.5, 0.6) is 0 Å². The molecule has 2 heteroatoms. The zero-order valence-corrected chi connectivity index (χ0v) is 12.3. The maximum absolute atomic E-state index is 11.4. The molecule has 21 heavy (non-hydrogen) atoms. The molecule has 0 fully saturated rings. The van der Waals surface area contributed by atoms with Crippen LogP contribution in [0.3, 0.4) is 0 Å². The number of aryl methyl sites for hydroxylation is 1. The van der Waals surface area contributed by atoms with E-state index in [2.05, 4.69) is 24.0 Å². The van der Waals surface area contributed by atoms with Crippen LogP contribution < -0.4 is 0 Å². The van der Waals surface area contributed by atoms with E-state index in [1.807, 2.05) is 43.3 Å². The summed E-state index contributed by atoms with van der Waals surface area (Å²) in [7, 11) is 0. The van der Waals surface area contributed by atoms with Gasteiger partial charge in [0.2, 0.25) is 0 Å². The molecule has 2 aromatic carbocycles. The molecule has 0 bridgehead atoms. The first-order chi connectivity index (χ1) is 10.1. The first-order valence-electron chi connectivity index (χ1n) is 6.92. The van der Waals surface area contributed by atoms with E-state index < -0.39 is 11.9 Å². The molecular weight excluding hydrogens is 260 g/mol. The van der Waals surface area contributed by atoms with Crippen molar-refractivity contribution in [1.82, 2.24) is 0 Å². The quantitative estimate of drug-likeness (QED) is 0.849. The minimum atomic E-state index is -0.829. The highest BCUT2D eigenvalue weighted by Gasteiger charge is 2.19. The third-order valence-corrected chi connectivity index (χ3v) is 3.52. The van der Waals surface area contributed by atoms with E-state index in [9.17, 15) is 9.90 Å². The summed E-state index contributed by atoms with van der Waals surface area (Å²) in [5.74, 6) is 4.23. The zero-order chi connectivity index (χ0) is 15.2. The fourth-order valence-corrected chi connectivity index (χ4v) is 2.40. The summed E-state index contributed by atoms with van der Waals surface area (Å²) in [6.07, 6.45) is 0.343. The predicted octanol–water partition coefficient (Wildman–Crippen LogP) is 4.24. The second-order valence-corrected chi connectivity index (χ2v) is 4.96.